The lowest BCUT2D eigenvalue weighted by Gasteiger charge is -2.29. The number of benzene rings is 3. The molecule has 0 bridgehead atoms. The van der Waals surface area contributed by atoms with Crippen LogP contribution in [0.5, 0.6) is 17.2 Å². The molecule has 1 saturated heterocycles. The van der Waals surface area contributed by atoms with Crippen molar-refractivity contribution in [3.8, 4) is 17.2 Å². The second-order valence-corrected chi connectivity index (χ2v) is 9.27. The van der Waals surface area contributed by atoms with Crippen molar-refractivity contribution in [2.75, 3.05) is 5.32 Å². The van der Waals surface area contributed by atoms with Crippen LogP contribution >= 0.6 is 0 Å². The van der Waals surface area contributed by atoms with Gasteiger partial charge in [0.1, 0.15) is 29.9 Å². The zero-order valence-corrected chi connectivity index (χ0v) is 21.5. The number of ether oxygens (including phenoxy) is 3. The maximum Gasteiger partial charge on any atom is 0.411 e. The van der Waals surface area contributed by atoms with Crippen molar-refractivity contribution < 1.29 is 51.0 Å². The molecule has 1 fully saturated rings. The average Bonchev–Trinajstić information content (AvgIpc) is 3.27. The fourth-order valence-electron chi connectivity index (χ4n) is 4.58. The summed E-state index contributed by atoms with van der Waals surface area (Å²) in [5, 5.41) is 4.60. The third-order valence-electron chi connectivity index (χ3n) is 6.52. The van der Waals surface area contributed by atoms with Gasteiger partial charge in [-0.2, -0.15) is 8.78 Å². The van der Waals surface area contributed by atoms with Crippen molar-refractivity contribution in [3.63, 3.8) is 0 Å². The highest BCUT2D eigenvalue weighted by Crippen LogP contribution is 2.37. The Labute approximate surface area is 235 Å². The number of nitrogens with zero attached hydrogens (tertiary/aromatic N) is 1. The molecule has 0 radical (unpaired) electrons. The smallest absolute Gasteiger partial charge is 0.411 e. The second kappa shape index (κ2) is 11.8. The first-order valence-electron chi connectivity index (χ1n) is 12.5. The fraction of sp³-hybridized carbons (Fsp3) is 0.214. The molecule has 0 aromatic heterocycles. The topological polar surface area (TPSA) is 123 Å². The number of hydrogen-bond acceptors (Lipinski definition) is 7. The SMILES string of the molecule is O=C1CCC(N2Cc3ccc(COC(=O)Nc4ccc(Oc5ccc(F)c(F)c5)cc4)c(OC(F)F)c3C2=O)C(=O)N1. The van der Waals surface area contributed by atoms with Crippen molar-refractivity contribution >= 4 is 29.5 Å². The minimum Gasteiger partial charge on any atom is -0.457 e. The van der Waals surface area contributed by atoms with E-state index in [1.54, 1.807) is 0 Å². The lowest BCUT2D eigenvalue weighted by atomic mass is 10.0. The Hall–Kier alpha value is -5.14. The number of imide groups is 1. The van der Waals surface area contributed by atoms with E-state index < -0.39 is 60.5 Å². The molecule has 3 aromatic rings. The summed E-state index contributed by atoms with van der Waals surface area (Å²) in [6, 6.07) is 10.7. The number of halogens is 4. The molecule has 218 valence electrons. The summed E-state index contributed by atoms with van der Waals surface area (Å²) < 4.78 is 68.4. The lowest BCUT2D eigenvalue weighted by Crippen LogP contribution is -2.52. The normalized spacial score (nSPS) is 16.3. The van der Waals surface area contributed by atoms with Gasteiger partial charge in [0.2, 0.25) is 11.8 Å². The molecule has 5 rings (SSSR count). The van der Waals surface area contributed by atoms with Gasteiger partial charge in [0, 0.05) is 30.3 Å². The van der Waals surface area contributed by atoms with Gasteiger partial charge < -0.3 is 19.1 Å². The number of hydrogen-bond donors (Lipinski definition) is 2. The Morgan fingerprint density at radius 3 is 2.43 bits per heavy atom. The van der Waals surface area contributed by atoms with Gasteiger partial charge in [-0.3, -0.25) is 25.0 Å². The molecule has 10 nitrogen and oxygen atoms in total. The summed E-state index contributed by atoms with van der Waals surface area (Å²) in [6.07, 6.45) is -0.845. The number of rotatable bonds is 8. The van der Waals surface area contributed by atoms with Crippen molar-refractivity contribution in [3.05, 3.63) is 82.9 Å². The Morgan fingerprint density at radius 2 is 1.74 bits per heavy atom. The highest BCUT2D eigenvalue weighted by Gasteiger charge is 2.41. The van der Waals surface area contributed by atoms with Gasteiger partial charge in [-0.25, -0.2) is 13.6 Å². The number of carbonyl (C=O) groups excluding carboxylic acids is 4. The van der Waals surface area contributed by atoms with Gasteiger partial charge in [-0.05, 0) is 48.4 Å². The van der Waals surface area contributed by atoms with Gasteiger partial charge in [0.25, 0.3) is 5.91 Å². The van der Waals surface area contributed by atoms with Gasteiger partial charge in [0.05, 0.1) is 5.56 Å². The highest BCUT2D eigenvalue weighted by molar-refractivity contribution is 6.06. The summed E-state index contributed by atoms with van der Waals surface area (Å²) in [6.45, 7) is -3.89. The van der Waals surface area contributed by atoms with E-state index in [0.717, 1.165) is 12.1 Å². The van der Waals surface area contributed by atoms with Crippen LogP contribution in [0.3, 0.4) is 0 Å². The average molecular weight is 587 g/mol. The Balaban J connectivity index is 1.24. The molecule has 0 saturated carbocycles. The number of anilines is 1. The zero-order chi connectivity index (χ0) is 30.0. The number of alkyl halides is 2. The Morgan fingerprint density at radius 1 is 1.00 bits per heavy atom. The summed E-state index contributed by atoms with van der Waals surface area (Å²) in [5.41, 5.74) is 0.404. The third kappa shape index (κ3) is 6.11. The predicted molar refractivity (Wildman–Crippen MR) is 136 cm³/mol. The van der Waals surface area contributed by atoms with Crippen molar-refractivity contribution in [1.29, 1.82) is 0 Å². The van der Waals surface area contributed by atoms with Crippen LogP contribution in [0.4, 0.5) is 28.0 Å². The Bertz CT molecular complexity index is 1570. The molecule has 3 aromatic carbocycles. The minimum absolute atomic E-state index is 0.0158. The highest BCUT2D eigenvalue weighted by atomic mass is 19.3. The van der Waals surface area contributed by atoms with Crippen LogP contribution in [0.25, 0.3) is 0 Å². The molecule has 1 atom stereocenters. The predicted octanol–water partition coefficient (Wildman–Crippen LogP) is 4.87. The van der Waals surface area contributed by atoms with E-state index in [1.807, 2.05) is 0 Å². The largest absolute Gasteiger partial charge is 0.457 e. The number of fused-ring (bicyclic) bond motifs is 1. The molecule has 0 spiro atoms. The first-order valence-corrected chi connectivity index (χ1v) is 12.5. The van der Waals surface area contributed by atoms with E-state index in [2.05, 4.69) is 15.4 Å². The molecular formula is C28H21F4N3O7. The van der Waals surface area contributed by atoms with E-state index >= 15 is 0 Å². The molecule has 1 unspecified atom stereocenters. The van der Waals surface area contributed by atoms with Crippen LogP contribution in [0.2, 0.25) is 0 Å². The third-order valence-corrected chi connectivity index (χ3v) is 6.52. The first kappa shape index (κ1) is 28.4. The van der Waals surface area contributed by atoms with Gasteiger partial charge in [-0.15, -0.1) is 0 Å². The van der Waals surface area contributed by atoms with E-state index in [1.165, 1.54) is 47.4 Å². The number of carbonyl (C=O) groups is 4. The molecule has 14 heteroatoms. The standard InChI is InChI=1S/C28H21F4N3O7/c29-19-8-7-18(11-20(19)30)41-17-5-3-16(4-6-17)33-28(39)40-13-15-2-1-14-12-35(21-9-10-22(36)34-25(21)37)26(38)23(14)24(15)42-27(31)32/h1-8,11,21,27H,9-10,12-13H2,(H,33,39)(H,34,36,37). The van der Waals surface area contributed by atoms with Crippen molar-refractivity contribution in [2.45, 2.75) is 38.6 Å². The van der Waals surface area contributed by atoms with E-state index in [-0.39, 0.29) is 47.7 Å². The van der Waals surface area contributed by atoms with Crippen molar-refractivity contribution in [1.82, 2.24) is 10.2 Å². The summed E-state index contributed by atoms with van der Waals surface area (Å²) in [7, 11) is 0. The van der Waals surface area contributed by atoms with E-state index in [9.17, 15) is 36.7 Å². The van der Waals surface area contributed by atoms with Crippen LogP contribution in [-0.2, 0) is 27.5 Å². The van der Waals surface area contributed by atoms with Crippen LogP contribution in [0, 0.1) is 11.6 Å². The summed E-state index contributed by atoms with van der Waals surface area (Å²) in [4.78, 5) is 50.6. The van der Waals surface area contributed by atoms with Gasteiger partial charge in [-0.1, -0.05) is 12.1 Å². The molecule has 42 heavy (non-hydrogen) atoms. The fourth-order valence-corrected chi connectivity index (χ4v) is 4.58. The second-order valence-electron chi connectivity index (χ2n) is 9.27. The molecule has 0 aliphatic carbocycles. The number of amides is 4. The molecule has 2 aliphatic heterocycles. The minimum atomic E-state index is -3.30. The summed E-state index contributed by atoms with van der Waals surface area (Å²) >= 11 is 0. The van der Waals surface area contributed by atoms with Crippen LogP contribution < -0.4 is 20.1 Å². The van der Waals surface area contributed by atoms with Crippen LogP contribution in [-0.4, -0.2) is 41.4 Å². The maximum atomic E-state index is 13.4. The number of nitrogens with one attached hydrogen (secondary N) is 2. The monoisotopic (exact) mass is 587 g/mol. The maximum absolute atomic E-state index is 13.4. The zero-order valence-electron chi connectivity index (χ0n) is 21.5. The molecule has 2 N–H and O–H groups in total. The van der Waals surface area contributed by atoms with Gasteiger partial charge >= 0.3 is 12.7 Å². The molecule has 4 amide bonds. The first-order chi connectivity index (χ1) is 20.1. The molecule has 2 heterocycles. The number of piperidine rings is 1. The van der Waals surface area contributed by atoms with Crippen LogP contribution in [0.1, 0.15) is 34.3 Å². The Kier molecular flexibility index (Phi) is 7.95. The lowest BCUT2D eigenvalue weighted by molar-refractivity contribution is -0.136. The molecular weight excluding hydrogens is 566 g/mol. The quantitative estimate of drug-likeness (QED) is 0.285. The van der Waals surface area contributed by atoms with Gasteiger partial charge in [0.15, 0.2) is 11.6 Å². The van der Waals surface area contributed by atoms with Crippen molar-refractivity contribution in [2.24, 2.45) is 0 Å². The van der Waals surface area contributed by atoms with Crippen LogP contribution in [0.15, 0.2) is 54.6 Å². The van der Waals surface area contributed by atoms with E-state index in [0.29, 0.717) is 5.56 Å². The molecule has 2 aliphatic rings. The summed E-state index contributed by atoms with van der Waals surface area (Å²) in [5.74, 6) is -4.10. The van der Waals surface area contributed by atoms with E-state index in [4.69, 9.17) is 9.47 Å².